The number of likely N-dealkylation sites (N-methyl/N-ethyl adjacent to an activating group) is 1. The van der Waals surface area contributed by atoms with Gasteiger partial charge in [0.1, 0.15) is 18.9 Å². The summed E-state index contributed by atoms with van der Waals surface area (Å²) in [6, 6.07) is 21.3. The Bertz CT molecular complexity index is 1210. The lowest BCUT2D eigenvalue weighted by molar-refractivity contribution is -0.132. The lowest BCUT2D eigenvalue weighted by Gasteiger charge is -2.22. The van der Waals surface area contributed by atoms with Gasteiger partial charge in [0.25, 0.3) is 0 Å². The van der Waals surface area contributed by atoms with Gasteiger partial charge in [-0.25, -0.2) is 0 Å². The first kappa shape index (κ1) is 20.9. The Morgan fingerprint density at radius 2 is 1.77 bits per heavy atom. The second-order valence-electron chi connectivity index (χ2n) is 7.27. The van der Waals surface area contributed by atoms with E-state index in [-0.39, 0.29) is 17.9 Å². The van der Waals surface area contributed by atoms with E-state index in [1.165, 1.54) is 17.4 Å². The normalized spacial score (nSPS) is 10.9. The van der Waals surface area contributed by atoms with Crippen molar-refractivity contribution in [3.63, 3.8) is 0 Å². The highest BCUT2D eigenvalue weighted by Gasteiger charge is 2.14. The molecule has 0 unspecified atom stereocenters. The second-order valence-corrected chi connectivity index (χ2v) is 8.19. The van der Waals surface area contributed by atoms with Crippen molar-refractivity contribution in [3.05, 3.63) is 99.7 Å². The number of rotatable bonds is 8. The Kier molecular flexibility index (Phi) is 6.48. The zero-order valence-corrected chi connectivity index (χ0v) is 18.2. The predicted octanol–water partition coefficient (Wildman–Crippen LogP) is 4.69. The first-order valence-corrected chi connectivity index (χ1v) is 11.1. The maximum absolute atomic E-state index is 12.9. The number of ether oxygens (including phenoxy) is 1. The third-order valence-corrected chi connectivity index (χ3v) is 6.09. The van der Waals surface area contributed by atoms with E-state index >= 15 is 0 Å². The largest absolute Gasteiger partial charge is 0.489 e. The maximum atomic E-state index is 12.9. The van der Waals surface area contributed by atoms with Crippen LogP contribution in [0.15, 0.2) is 83.1 Å². The van der Waals surface area contributed by atoms with Crippen molar-refractivity contribution < 1.29 is 9.53 Å². The van der Waals surface area contributed by atoms with Crippen molar-refractivity contribution in [1.82, 2.24) is 9.47 Å². The monoisotopic (exact) mass is 432 g/mol. The molecule has 0 radical (unpaired) electrons. The Morgan fingerprint density at radius 1 is 1.00 bits per heavy atom. The van der Waals surface area contributed by atoms with Crippen molar-refractivity contribution in [2.45, 2.75) is 26.6 Å². The molecule has 0 saturated carbocycles. The number of hydrogen-bond donors (Lipinski definition) is 0. The molecule has 0 fully saturated rings. The van der Waals surface area contributed by atoms with Crippen LogP contribution in [-0.4, -0.2) is 21.9 Å². The van der Waals surface area contributed by atoms with Gasteiger partial charge in [-0.15, -0.1) is 11.3 Å². The van der Waals surface area contributed by atoms with Gasteiger partial charge in [0.15, 0.2) is 5.43 Å². The van der Waals surface area contributed by atoms with Gasteiger partial charge in [0.2, 0.25) is 5.91 Å². The minimum atomic E-state index is -0.00406. The van der Waals surface area contributed by atoms with E-state index in [0.29, 0.717) is 24.4 Å². The molecule has 0 aliphatic heterocycles. The van der Waals surface area contributed by atoms with E-state index in [1.807, 2.05) is 82.4 Å². The fraction of sp³-hybridized carbons (Fsp3) is 0.200. The van der Waals surface area contributed by atoms with E-state index in [2.05, 4.69) is 0 Å². The molecule has 0 aliphatic rings. The minimum absolute atomic E-state index is 0.00406. The van der Waals surface area contributed by atoms with Gasteiger partial charge >= 0.3 is 0 Å². The summed E-state index contributed by atoms with van der Waals surface area (Å²) in [6.07, 6.45) is 1.70. The average Bonchev–Trinajstić information content (AvgIpc) is 3.30. The summed E-state index contributed by atoms with van der Waals surface area (Å²) in [5.41, 5.74) is 2.97. The molecule has 158 valence electrons. The van der Waals surface area contributed by atoms with E-state index in [0.717, 1.165) is 22.4 Å². The molecule has 2 aromatic heterocycles. The topological polar surface area (TPSA) is 51.5 Å². The fourth-order valence-electron chi connectivity index (χ4n) is 3.44. The molecule has 6 heteroatoms. The summed E-state index contributed by atoms with van der Waals surface area (Å²) in [7, 11) is 0. The van der Waals surface area contributed by atoms with E-state index in [9.17, 15) is 9.59 Å². The molecule has 2 heterocycles. The van der Waals surface area contributed by atoms with Gasteiger partial charge in [0.05, 0.1) is 10.2 Å². The third kappa shape index (κ3) is 5.03. The average molecular weight is 433 g/mol. The number of nitrogens with zero attached hydrogens (tertiary/aromatic N) is 2. The minimum Gasteiger partial charge on any atom is -0.489 e. The van der Waals surface area contributed by atoms with Crippen LogP contribution in [0.4, 0.5) is 0 Å². The Balaban J connectivity index is 1.38. The zero-order chi connectivity index (χ0) is 21.6. The number of hydrogen-bond acceptors (Lipinski definition) is 4. The molecule has 0 atom stereocenters. The summed E-state index contributed by atoms with van der Waals surface area (Å²) in [6.45, 7) is 3.84. The van der Waals surface area contributed by atoms with Crippen LogP contribution in [0.2, 0.25) is 0 Å². The molecule has 0 saturated heterocycles. The zero-order valence-electron chi connectivity index (χ0n) is 17.4. The van der Waals surface area contributed by atoms with Gasteiger partial charge in [-0.05, 0) is 41.6 Å². The summed E-state index contributed by atoms with van der Waals surface area (Å²) in [4.78, 5) is 26.7. The number of carbonyl (C=O) groups is 1. The summed E-state index contributed by atoms with van der Waals surface area (Å²) in [5.74, 6) is 0.818. The van der Waals surface area contributed by atoms with Crippen molar-refractivity contribution in [2.24, 2.45) is 0 Å². The number of amides is 1. The molecular formula is C25H24N2O3S. The Labute approximate surface area is 185 Å². The lowest BCUT2D eigenvalue weighted by atomic mass is 10.2. The number of benzene rings is 2. The van der Waals surface area contributed by atoms with Crippen molar-refractivity contribution in [3.8, 4) is 5.75 Å². The van der Waals surface area contributed by atoms with Crippen LogP contribution in [0.25, 0.3) is 10.2 Å². The SMILES string of the molecule is CCN(Cc1ccc(OCc2ccccc2)cc1)C(=O)Cn1ccc(=O)c2sccc21. The van der Waals surface area contributed by atoms with Gasteiger partial charge in [-0.2, -0.15) is 0 Å². The molecule has 4 rings (SSSR count). The van der Waals surface area contributed by atoms with Gasteiger partial charge in [-0.3, -0.25) is 9.59 Å². The molecule has 4 aromatic rings. The van der Waals surface area contributed by atoms with E-state index in [4.69, 9.17) is 4.74 Å². The molecule has 5 nitrogen and oxygen atoms in total. The van der Waals surface area contributed by atoms with Crippen molar-refractivity contribution in [2.75, 3.05) is 6.54 Å². The Hall–Kier alpha value is -3.38. The maximum Gasteiger partial charge on any atom is 0.242 e. The van der Waals surface area contributed by atoms with Crippen LogP contribution < -0.4 is 10.2 Å². The Morgan fingerprint density at radius 3 is 2.52 bits per heavy atom. The predicted molar refractivity (Wildman–Crippen MR) is 124 cm³/mol. The van der Waals surface area contributed by atoms with Crippen LogP contribution in [0.3, 0.4) is 0 Å². The number of carbonyl (C=O) groups excluding carboxylic acids is 1. The van der Waals surface area contributed by atoms with Crippen LogP contribution >= 0.6 is 11.3 Å². The highest BCUT2D eigenvalue weighted by molar-refractivity contribution is 7.17. The standard InChI is InChI=1S/C25H24N2O3S/c1-2-26(24(29)17-27-14-12-23(28)25-22(27)13-15-31-25)16-19-8-10-21(11-9-19)30-18-20-6-4-3-5-7-20/h3-15H,2,16-18H2,1H3. The quantitative estimate of drug-likeness (QED) is 0.406. The third-order valence-electron chi connectivity index (χ3n) is 5.17. The van der Waals surface area contributed by atoms with Crippen LogP contribution in [0, 0.1) is 0 Å². The van der Waals surface area contributed by atoms with Crippen molar-refractivity contribution in [1.29, 1.82) is 0 Å². The van der Waals surface area contributed by atoms with Crippen molar-refractivity contribution >= 4 is 27.5 Å². The number of thiophene rings is 1. The summed E-state index contributed by atoms with van der Waals surface area (Å²) in [5, 5.41) is 1.88. The summed E-state index contributed by atoms with van der Waals surface area (Å²) >= 11 is 1.41. The van der Waals surface area contributed by atoms with Gasteiger partial charge < -0.3 is 14.2 Å². The molecule has 0 aliphatic carbocycles. The van der Waals surface area contributed by atoms with E-state index in [1.54, 1.807) is 6.20 Å². The molecular weight excluding hydrogens is 408 g/mol. The molecule has 0 N–H and O–H groups in total. The first-order chi connectivity index (χ1) is 15.1. The molecule has 1 amide bonds. The first-order valence-electron chi connectivity index (χ1n) is 10.2. The molecule has 0 spiro atoms. The van der Waals surface area contributed by atoms with Crippen LogP contribution in [0.5, 0.6) is 5.75 Å². The summed E-state index contributed by atoms with van der Waals surface area (Å²) < 4.78 is 8.37. The van der Waals surface area contributed by atoms with Crippen LogP contribution in [0.1, 0.15) is 18.1 Å². The molecule has 2 aromatic carbocycles. The fourth-order valence-corrected chi connectivity index (χ4v) is 4.26. The molecule has 0 bridgehead atoms. The smallest absolute Gasteiger partial charge is 0.242 e. The number of pyridine rings is 1. The number of fused-ring (bicyclic) bond motifs is 1. The number of aromatic nitrogens is 1. The van der Waals surface area contributed by atoms with E-state index < -0.39 is 0 Å². The lowest BCUT2D eigenvalue weighted by Crippen LogP contribution is -2.33. The second kappa shape index (κ2) is 9.62. The van der Waals surface area contributed by atoms with Crippen LogP contribution in [-0.2, 0) is 24.5 Å². The molecule has 31 heavy (non-hydrogen) atoms. The highest BCUT2D eigenvalue weighted by Crippen LogP contribution is 2.18. The van der Waals surface area contributed by atoms with Gasteiger partial charge in [-0.1, -0.05) is 42.5 Å². The highest BCUT2D eigenvalue weighted by atomic mass is 32.1. The van der Waals surface area contributed by atoms with Gasteiger partial charge in [0, 0.05) is 25.4 Å².